The second kappa shape index (κ2) is 6.81. The monoisotopic (exact) mass is 406 g/mol. The molecule has 0 radical (unpaired) electrons. The highest BCUT2D eigenvalue weighted by molar-refractivity contribution is 5.66. The fraction of sp³-hybridized carbons (Fsp3) is 0.826. The predicted octanol–water partition coefficient (Wildman–Crippen LogP) is 3.10. The summed E-state index contributed by atoms with van der Waals surface area (Å²) in [5.41, 5.74) is 0.641. The Balaban J connectivity index is 1.64. The normalized spacial score (nSPS) is 48.6. The maximum atomic E-state index is 11.6. The Morgan fingerprint density at radius 3 is 2.38 bits per heavy atom. The zero-order valence-corrected chi connectivity index (χ0v) is 17.9. The topological polar surface area (TPSA) is 93.1 Å². The van der Waals surface area contributed by atoms with E-state index in [1.165, 1.54) is 19.4 Å². The van der Waals surface area contributed by atoms with Crippen LogP contribution in [0.2, 0.25) is 0 Å². The maximum Gasteiger partial charge on any atom is 0.305 e. The minimum atomic E-state index is -1.45. The van der Waals surface area contributed by atoms with Crippen molar-refractivity contribution in [3.05, 3.63) is 11.6 Å². The van der Waals surface area contributed by atoms with Crippen LogP contribution in [-0.4, -0.2) is 40.1 Å². The number of carbonyl (C=O) groups excluding carboxylic acids is 2. The first-order valence-corrected chi connectivity index (χ1v) is 11.0. The second-order valence-electron chi connectivity index (χ2n) is 10.2. The van der Waals surface area contributed by atoms with E-state index in [4.69, 9.17) is 9.47 Å². The highest BCUT2D eigenvalue weighted by atomic mass is 16.7. The Kier molecular flexibility index (Phi) is 4.90. The number of aliphatic hydroxyl groups excluding tert-OH is 1. The summed E-state index contributed by atoms with van der Waals surface area (Å²) in [6, 6.07) is 0. The van der Waals surface area contributed by atoms with Crippen molar-refractivity contribution in [1.82, 2.24) is 0 Å². The van der Waals surface area contributed by atoms with Gasteiger partial charge in [0.1, 0.15) is 6.10 Å². The Hall–Kier alpha value is -1.40. The quantitative estimate of drug-likeness (QED) is 0.416. The van der Waals surface area contributed by atoms with Gasteiger partial charge in [0.15, 0.2) is 0 Å². The number of rotatable bonds is 2. The third-order valence-electron chi connectivity index (χ3n) is 8.81. The van der Waals surface area contributed by atoms with Crippen LogP contribution in [0.15, 0.2) is 11.6 Å². The van der Waals surface area contributed by atoms with E-state index in [0.717, 1.165) is 32.1 Å². The number of ether oxygens (including phenoxy) is 2. The molecule has 0 spiro atoms. The van der Waals surface area contributed by atoms with E-state index in [1.54, 1.807) is 0 Å². The lowest BCUT2D eigenvalue weighted by molar-refractivity contribution is -0.265. The van der Waals surface area contributed by atoms with Crippen molar-refractivity contribution < 1.29 is 29.3 Å². The van der Waals surface area contributed by atoms with Gasteiger partial charge in [0.05, 0.1) is 6.10 Å². The van der Waals surface area contributed by atoms with Crippen LogP contribution in [-0.2, 0) is 19.1 Å². The summed E-state index contributed by atoms with van der Waals surface area (Å²) in [5.74, 6) is -1.71. The molecule has 6 heteroatoms. The van der Waals surface area contributed by atoms with Gasteiger partial charge in [-0.2, -0.15) is 0 Å². The van der Waals surface area contributed by atoms with Crippen LogP contribution in [0, 0.1) is 28.6 Å². The molecule has 4 aliphatic carbocycles. The van der Waals surface area contributed by atoms with E-state index >= 15 is 0 Å². The molecule has 4 aliphatic rings. The Morgan fingerprint density at radius 1 is 1.03 bits per heavy atom. The van der Waals surface area contributed by atoms with Crippen LogP contribution in [0.1, 0.15) is 72.6 Å². The highest BCUT2D eigenvalue weighted by Crippen LogP contribution is 2.67. The second-order valence-corrected chi connectivity index (χ2v) is 10.2. The lowest BCUT2D eigenvalue weighted by Crippen LogP contribution is -2.58. The van der Waals surface area contributed by atoms with Crippen molar-refractivity contribution >= 4 is 11.9 Å². The Labute approximate surface area is 172 Å². The molecule has 6 nitrogen and oxygen atoms in total. The number of esters is 2. The van der Waals surface area contributed by atoms with Crippen LogP contribution in [0.3, 0.4) is 0 Å². The zero-order valence-electron chi connectivity index (χ0n) is 17.9. The molecule has 162 valence electrons. The molecule has 4 rings (SSSR count). The van der Waals surface area contributed by atoms with Gasteiger partial charge in [-0.1, -0.05) is 25.5 Å². The van der Waals surface area contributed by atoms with E-state index in [2.05, 4.69) is 6.92 Å². The number of carbonyl (C=O) groups is 2. The van der Waals surface area contributed by atoms with Gasteiger partial charge in [0, 0.05) is 32.1 Å². The molecule has 0 aromatic rings. The zero-order chi connectivity index (χ0) is 21.2. The molecule has 0 aromatic heterocycles. The summed E-state index contributed by atoms with van der Waals surface area (Å²) >= 11 is 0. The molecule has 0 aliphatic heterocycles. The number of fused-ring (bicyclic) bond motifs is 5. The van der Waals surface area contributed by atoms with Gasteiger partial charge in [-0.25, -0.2) is 0 Å². The minimum absolute atomic E-state index is 0.0238. The molecule has 3 fully saturated rings. The van der Waals surface area contributed by atoms with Gasteiger partial charge in [-0.05, 0) is 55.3 Å². The molecule has 0 aromatic carbocycles. The Bertz CT molecular complexity index is 746. The van der Waals surface area contributed by atoms with Crippen LogP contribution >= 0.6 is 0 Å². The smallest absolute Gasteiger partial charge is 0.305 e. The number of hydrogen-bond acceptors (Lipinski definition) is 6. The molecule has 2 N–H and O–H groups in total. The fourth-order valence-electron chi connectivity index (χ4n) is 7.33. The van der Waals surface area contributed by atoms with Crippen molar-refractivity contribution in [2.75, 3.05) is 0 Å². The van der Waals surface area contributed by atoms with Crippen molar-refractivity contribution in [1.29, 1.82) is 0 Å². The summed E-state index contributed by atoms with van der Waals surface area (Å²) < 4.78 is 10.9. The molecule has 29 heavy (non-hydrogen) atoms. The van der Waals surface area contributed by atoms with E-state index < -0.39 is 23.3 Å². The average Bonchev–Trinajstić information content (AvgIpc) is 2.86. The molecular weight excluding hydrogens is 372 g/mol. The van der Waals surface area contributed by atoms with Crippen LogP contribution in [0.5, 0.6) is 0 Å². The fourth-order valence-corrected chi connectivity index (χ4v) is 7.33. The number of aliphatic hydroxyl groups is 2. The molecular formula is C23H34O6. The summed E-state index contributed by atoms with van der Waals surface area (Å²) in [7, 11) is 0. The first-order valence-electron chi connectivity index (χ1n) is 11.0. The molecule has 0 bridgehead atoms. The van der Waals surface area contributed by atoms with E-state index in [0.29, 0.717) is 18.8 Å². The average molecular weight is 407 g/mol. The van der Waals surface area contributed by atoms with Crippen molar-refractivity contribution in [3.63, 3.8) is 0 Å². The SMILES string of the molecule is CC(=O)O[C@H]1CC[C@@]2(C)C(=C[C@@H](O)[C@@H]3[C@@H]2CC[C@@]2(C)[C@H]3CC[C@]2(O)OC(C)=O)C1. The number of hydrogen-bond donors (Lipinski definition) is 2. The molecule has 0 amide bonds. The van der Waals surface area contributed by atoms with Crippen LogP contribution in [0.4, 0.5) is 0 Å². The van der Waals surface area contributed by atoms with Gasteiger partial charge in [0.2, 0.25) is 5.79 Å². The van der Waals surface area contributed by atoms with E-state index in [9.17, 15) is 19.8 Å². The minimum Gasteiger partial charge on any atom is -0.462 e. The summed E-state index contributed by atoms with van der Waals surface area (Å²) in [6.07, 6.45) is 6.57. The Morgan fingerprint density at radius 2 is 1.72 bits per heavy atom. The largest absolute Gasteiger partial charge is 0.462 e. The highest BCUT2D eigenvalue weighted by Gasteiger charge is 2.67. The third-order valence-corrected chi connectivity index (χ3v) is 8.81. The lowest BCUT2D eigenvalue weighted by Gasteiger charge is -2.59. The molecule has 0 heterocycles. The van der Waals surface area contributed by atoms with Gasteiger partial charge >= 0.3 is 11.9 Å². The molecule has 8 atom stereocenters. The summed E-state index contributed by atoms with van der Waals surface area (Å²) in [4.78, 5) is 23.0. The van der Waals surface area contributed by atoms with E-state index in [-0.39, 0.29) is 29.3 Å². The van der Waals surface area contributed by atoms with Crippen molar-refractivity contribution in [2.24, 2.45) is 28.6 Å². The van der Waals surface area contributed by atoms with Crippen LogP contribution < -0.4 is 0 Å². The molecule has 3 saturated carbocycles. The van der Waals surface area contributed by atoms with Gasteiger partial charge in [-0.3, -0.25) is 9.59 Å². The van der Waals surface area contributed by atoms with Gasteiger partial charge in [-0.15, -0.1) is 0 Å². The maximum absolute atomic E-state index is 11.6. The first-order chi connectivity index (χ1) is 13.5. The van der Waals surface area contributed by atoms with Crippen molar-refractivity contribution in [2.45, 2.75) is 90.6 Å². The lowest BCUT2D eigenvalue weighted by atomic mass is 9.47. The molecule has 0 saturated heterocycles. The van der Waals surface area contributed by atoms with Gasteiger partial charge in [0.25, 0.3) is 0 Å². The van der Waals surface area contributed by atoms with E-state index in [1.807, 2.05) is 13.0 Å². The first kappa shape index (κ1) is 20.9. The predicted molar refractivity (Wildman–Crippen MR) is 105 cm³/mol. The molecule has 0 unspecified atom stereocenters. The summed E-state index contributed by atoms with van der Waals surface area (Å²) in [6.45, 7) is 7.10. The van der Waals surface area contributed by atoms with Crippen LogP contribution in [0.25, 0.3) is 0 Å². The standard InChI is InChI=1S/C23H34O6/c1-13(24)28-16-5-8-21(3)15(11-16)12-19(26)20-17(21)6-9-22(4)18(20)7-10-23(22,27)29-14(2)25/h12,16-20,26-27H,5-11H2,1-4H3/t16-,17-,18-,19+,20+,21-,22-,23-/m0/s1. The summed E-state index contributed by atoms with van der Waals surface area (Å²) in [5, 5.41) is 22.4. The van der Waals surface area contributed by atoms with Gasteiger partial charge < -0.3 is 19.7 Å². The van der Waals surface area contributed by atoms with Crippen molar-refractivity contribution in [3.8, 4) is 0 Å². The third kappa shape index (κ3) is 3.05.